The van der Waals surface area contributed by atoms with E-state index in [0.717, 1.165) is 16.9 Å². The lowest BCUT2D eigenvalue weighted by molar-refractivity contribution is 1.05. The molecule has 0 aromatic carbocycles. The Morgan fingerprint density at radius 2 is 2.44 bits per heavy atom. The number of hydrogen-bond donors (Lipinski definition) is 2. The highest BCUT2D eigenvalue weighted by molar-refractivity contribution is 5.72. The van der Waals surface area contributed by atoms with Crippen molar-refractivity contribution >= 4 is 11.2 Å². The fourth-order valence-corrected chi connectivity index (χ4v) is 0.840. The zero-order chi connectivity index (χ0) is 6.27. The van der Waals surface area contributed by atoms with E-state index in [2.05, 4.69) is 20.2 Å². The maximum Gasteiger partial charge on any atom is 0.199 e. The molecule has 2 rings (SSSR count). The largest absolute Gasteiger partial charge is 0.342 e. The molecule has 2 heterocycles. The Balaban J connectivity index is 2.99. The van der Waals surface area contributed by atoms with Gasteiger partial charge in [-0.1, -0.05) is 0 Å². The highest BCUT2D eigenvalue weighted by atomic mass is 15.2. The molecule has 0 aliphatic rings. The Labute approximate surface area is 51.3 Å². The minimum Gasteiger partial charge on any atom is -0.342 e. The SMILES string of the molecule is Cc1[nH]nc2nc[nH]c12. The minimum absolute atomic E-state index is 0.757. The fraction of sp³-hybridized carbons (Fsp3) is 0.200. The van der Waals surface area contributed by atoms with E-state index < -0.39 is 0 Å². The summed E-state index contributed by atoms with van der Waals surface area (Å²) in [6.07, 6.45) is 1.64. The first kappa shape index (κ1) is 4.55. The summed E-state index contributed by atoms with van der Waals surface area (Å²) < 4.78 is 0. The number of fused-ring (bicyclic) bond motifs is 1. The molecule has 0 saturated carbocycles. The average molecular weight is 122 g/mol. The van der Waals surface area contributed by atoms with Crippen LogP contribution < -0.4 is 0 Å². The summed E-state index contributed by atoms with van der Waals surface area (Å²) in [6.45, 7) is 1.95. The zero-order valence-corrected chi connectivity index (χ0v) is 4.97. The van der Waals surface area contributed by atoms with Gasteiger partial charge in [0.2, 0.25) is 0 Å². The molecule has 2 N–H and O–H groups in total. The van der Waals surface area contributed by atoms with E-state index in [1.54, 1.807) is 6.33 Å². The molecule has 0 atom stereocenters. The molecule has 46 valence electrons. The van der Waals surface area contributed by atoms with Gasteiger partial charge >= 0.3 is 0 Å². The van der Waals surface area contributed by atoms with E-state index in [4.69, 9.17) is 0 Å². The van der Waals surface area contributed by atoms with Crippen LogP contribution >= 0.6 is 0 Å². The van der Waals surface area contributed by atoms with Crippen LogP contribution in [0.4, 0.5) is 0 Å². The van der Waals surface area contributed by atoms with E-state index in [0.29, 0.717) is 0 Å². The summed E-state index contributed by atoms with van der Waals surface area (Å²) in [5.41, 5.74) is 2.78. The van der Waals surface area contributed by atoms with E-state index in [1.807, 2.05) is 6.92 Å². The van der Waals surface area contributed by atoms with Gasteiger partial charge in [0.15, 0.2) is 5.65 Å². The minimum atomic E-state index is 0.757. The van der Waals surface area contributed by atoms with E-state index >= 15 is 0 Å². The Morgan fingerprint density at radius 3 is 3.22 bits per heavy atom. The monoisotopic (exact) mass is 122 g/mol. The van der Waals surface area contributed by atoms with Gasteiger partial charge in [0.25, 0.3) is 0 Å². The Kier molecular flexibility index (Phi) is 0.677. The molecule has 0 bridgehead atoms. The second-order valence-corrected chi connectivity index (χ2v) is 1.95. The molecule has 2 aromatic heterocycles. The van der Waals surface area contributed by atoms with Gasteiger partial charge < -0.3 is 4.98 Å². The summed E-state index contributed by atoms with van der Waals surface area (Å²) in [5, 5.41) is 6.72. The number of H-pyrrole nitrogens is 2. The molecule has 2 aromatic rings. The number of imidazole rings is 1. The third-order valence-electron chi connectivity index (χ3n) is 1.32. The van der Waals surface area contributed by atoms with Crippen molar-refractivity contribution in [3.63, 3.8) is 0 Å². The summed E-state index contributed by atoms with van der Waals surface area (Å²) in [7, 11) is 0. The fourth-order valence-electron chi connectivity index (χ4n) is 0.840. The average Bonchev–Trinajstić information content (AvgIpc) is 2.35. The van der Waals surface area contributed by atoms with E-state index in [9.17, 15) is 0 Å². The quantitative estimate of drug-likeness (QED) is 0.537. The topological polar surface area (TPSA) is 57.4 Å². The highest BCUT2D eigenvalue weighted by Crippen LogP contribution is 2.07. The first-order valence-corrected chi connectivity index (χ1v) is 2.72. The normalized spacial score (nSPS) is 10.8. The van der Waals surface area contributed by atoms with Gasteiger partial charge in [0, 0.05) is 0 Å². The van der Waals surface area contributed by atoms with Gasteiger partial charge in [-0.15, -0.1) is 0 Å². The maximum absolute atomic E-state index is 3.94. The van der Waals surface area contributed by atoms with Crippen molar-refractivity contribution in [2.45, 2.75) is 6.92 Å². The Hall–Kier alpha value is -1.32. The molecule has 0 saturated heterocycles. The lowest BCUT2D eigenvalue weighted by Crippen LogP contribution is -1.71. The number of aromatic amines is 2. The molecule has 4 nitrogen and oxygen atoms in total. The number of aromatic nitrogens is 4. The van der Waals surface area contributed by atoms with Crippen molar-refractivity contribution in [2.75, 3.05) is 0 Å². The van der Waals surface area contributed by atoms with Crippen molar-refractivity contribution < 1.29 is 0 Å². The summed E-state index contributed by atoms with van der Waals surface area (Å²) >= 11 is 0. The van der Waals surface area contributed by atoms with Crippen molar-refractivity contribution in [2.24, 2.45) is 0 Å². The smallest absolute Gasteiger partial charge is 0.199 e. The predicted octanol–water partition coefficient (Wildman–Crippen LogP) is 0.594. The van der Waals surface area contributed by atoms with Crippen molar-refractivity contribution in [3.05, 3.63) is 12.0 Å². The van der Waals surface area contributed by atoms with Gasteiger partial charge in [-0.3, -0.25) is 5.10 Å². The van der Waals surface area contributed by atoms with Crippen LogP contribution in [0.3, 0.4) is 0 Å². The molecule has 0 aliphatic carbocycles. The number of hydrogen-bond acceptors (Lipinski definition) is 2. The molecular weight excluding hydrogens is 116 g/mol. The van der Waals surface area contributed by atoms with Crippen molar-refractivity contribution in [1.82, 2.24) is 20.2 Å². The second-order valence-electron chi connectivity index (χ2n) is 1.95. The van der Waals surface area contributed by atoms with Crippen LogP contribution in [0.5, 0.6) is 0 Å². The predicted molar refractivity (Wildman–Crippen MR) is 33.0 cm³/mol. The van der Waals surface area contributed by atoms with Gasteiger partial charge in [-0.25, -0.2) is 4.98 Å². The van der Waals surface area contributed by atoms with Crippen LogP contribution in [0, 0.1) is 6.92 Å². The summed E-state index contributed by atoms with van der Waals surface area (Å²) in [6, 6.07) is 0. The number of rotatable bonds is 0. The molecule has 0 radical (unpaired) electrons. The zero-order valence-electron chi connectivity index (χ0n) is 4.97. The Bertz CT molecular complexity index is 318. The number of nitrogens with one attached hydrogen (secondary N) is 2. The summed E-state index contributed by atoms with van der Waals surface area (Å²) in [5.74, 6) is 0. The van der Waals surface area contributed by atoms with Gasteiger partial charge in [0.05, 0.1) is 12.0 Å². The van der Waals surface area contributed by atoms with Crippen molar-refractivity contribution in [1.29, 1.82) is 0 Å². The molecular formula is C5H6N4. The number of aryl methyl sites for hydroxylation is 1. The van der Waals surface area contributed by atoms with E-state index in [1.165, 1.54) is 0 Å². The van der Waals surface area contributed by atoms with Gasteiger partial charge in [-0.05, 0) is 6.92 Å². The first-order valence-electron chi connectivity index (χ1n) is 2.72. The molecule has 0 unspecified atom stereocenters. The van der Waals surface area contributed by atoms with Crippen LogP contribution in [-0.4, -0.2) is 20.2 Å². The Morgan fingerprint density at radius 1 is 1.56 bits per heavy atom. The maximum atomic E-state index is 3.94. The third kappa shape index (κ3) is 0.468. The molecule has 0 fully saturated rings. The lowest BCUT2D eigenvalue weighted by atomic mass is 10.4. The van der Waals surface area contributed by atoms with Gasteiger partial charge in [-0.2, -0.15) is 5.10 Å². The third-order valence-corrected chi connectivity index (χ3v) is 1.32. The second kappa shape index (κ2) is 1.34. The molecule has 0 amide bonds. The van der Waals surface area contributed by atoms with Crippen LogP contribution in [0.25, 0.3) is 11.2 Å². The van der Waals surface area contributed by atoms with Crippen LogP contribution in [0.15, 0.2) is 6.33 Å². The first-order chi connectivity index (χ1) is 4.38. The van der Waals surface area contributed by atoms with Crippen LogP contribution in [0.1, 0.15) is 5.69 Å². The van der Waals surface area contributed by atoms with Crippen molar-refractivity contribution in [3.8, 4) is 0 Å². The molecule has 0 spiro atoms. The standard InChI is InChI=1S/C5H6N4/c1-3-4-5(9-8-3)7-2-6-4/h2H,1H3,(H2,6,7,8,9). The van der Waals surface area contributed by atoms with Crippen LogP contribution in [-0.2, 0) is 0 Å². The molecule has 4 heteroatoms. The highest BCUT2D eigenvalue weighted by Gasteiger charge is 1.99. The summed E-state index contributed by atoms with van der Waals surface area (Å²) in [4.78, 5) is 6.90. The van der Waals surface area contributed by atoms with E-state index in [-0.39, 0.29) is 0 Å². The van der Waals surface area contributed by atoms with Crippen LogP contribution in [0.2, 0.25) is 0 Å². The van der Waals surface area contributed by atoms with Gasteiger partial charge in [0.1, 0.15) is 5.52 Å². The number of nitrogens with zero attached hydrogens (tertiary/aromatic N) is 2. The molecule has 9 heavy (non-hydrogen) atoms. The lowest BCUT2D eigenvalue weighted by Gasteiger charge is -1.75. The molecule has 0 aliphatic heterocycles.